The highest BCUT2D eigenvalue weighted by atomic mass is 16.5. The van der Waals surface area contributed by atoms with E-state index in [0.717, 1.165) is 11.5 Å². The van der Waals surface area contributed by atoms with Crippen LogP contribution < -0.4 is 9.47 Å². The lowest BCUT2D eigenvalue weighted by Crippen LogP contribution is -2.44. The second kappa shape index (κ2) is 9.30. The zero-order chi connectivity index (χ0) is 19.9. The van der Waals surface area contributed by atoms with E-state index in [1.807, 2.05) is 24.3 Å². The third kappa shape index (κ3) is 4.85. The van der Waals surface area contributed by atoms with Crippen LogP contribution in [0.15, 0.2) is 47.1 Å². The molecule has 1 aromatic heterocycles. The Balaban J connectivity index is 1.40. The Kier molecular flexibility index (Phi) is 6.57. The second-order valence-corrected chi connectivity index (χ2v) is 6.83. The maximum Gasteiger partial charge on any atom is 0.289 e. The second-order valence-electron chi connectivity index (χ2n) is 6.83. The van der Waals surface area contributed by atoms with E-state index in [1.165, 1.54) is 6.26 Å². The summed E-state index contributed by atoms with van der Waals surface area (Å²) in [4.78, 5) is 28.4. The maximum absolute atomic E-state index is 12.7. The number of ether oxygens (including phenoxy) is 2. The van der Waals surface area contributed by atoms with Crippen LogP contribution in [-0.2, 0) is 4.79 Å². The molecule has 3 rings (SSSR count). The average molecular weight is 386 g/mol. The minimum atomic E-state index is -0.114. The van der Waals surface area contributed by atoms with Crippen molar-refractivity contribution in [3.63, 3.8) is 0 Å². The minimum absolute atomic E-state index is 0.0633. The Morgan fingerprint density at radius 3 is 2.43 bits per heavy atom. The van der Waals surface area contributed by atoms with Gasteiger partial charge in [-0.25, -0.2) is 0 Å². The largest absolute Gasteiger partial charge is 0.497 e. The van der Waals surface area contributed by atoms with E-state index in [1.54, 1.807) is 36.1 Å². The highest BCUT2D eigenvalue weighted by Crippen LogP contribution is 2.21. The number of hydrogen-bond acceptors (Lipinski definition) is 5. The SMILES string of the molecule is COc1ccc(OCCN(C)C(=O)C2CCN(C(=O)c3ccco3)CC2)cc1. The average Bonchev–Trinajstić information content (AvgIpc) is 3.28. The third-order valence-corrected chi connectivity index (χ3v) is 4.99. The Morgan fingerprint density at radius 1 is 1.14 bits per heavy atom. The Bertz CT molecular complexity index is 765. The van der Waals surface area contributed by atoms with Gasteiger partial charge in [-0.15, -0.1) is 0 Å². The van der Waals surface area contributed by atoms with Gasteiger partial charge in [0.1, 0.15) is 18.1 Å². The van der Waals surface area contributed by atoms with Crippen LogP contribution >= 0.6 is 0 Å². The lowest BCUT2D eigenvalue weighted by molar-refractivity contribution is -0.135. The number of likely N-dealkylation sites (tertiary alicyclic amines) is 1. The van der Waals surface area contributed by atoms with Gasteiger partial charge in [-0.05, 0) is 49.2 Å². The van der Waals surface area contributed by atoms with Crippen LogP contribution in [0.2, 0.25) is 0 Å². The van der Waals surface area contributed by atoms with Crippen molar-refractivity contribution >= 4 is 11.8 Å². The van der Waals surface area contributed by atoms with Crippen molar-refractivity contribution in [3.05, 3.63) is 48.4 Å². The van der Waals surface area contributed by atoms with Crippen LogP contribution in [-0.4, -0.2) is 62.0 Å². The highest BCUT2D eigenvalue weighted by molar-refractivity contribution is 5.91. The van der Waals surface area contributed by atoms with Gasteiger partial charge in [0.05, 0.1) is 19.9 Å². The molecule has 0 saturated carbocycles. The topological polar surface area (TPSA) is 72.2 Å². The molecule has 7 heteroatoms. The third-order valence-electron chi connectivity index (χ3n) is 4.99. The number of nitrogens with zero attached hydrogens (tertiary/aromatic N) is 2. The standard InChI is InChI=1S/C21H26N2O5/c1-22(13-15-27-18-7-5-17(26-2)6-8-18)20(24)16-9-11-23(12-10-16)21(25)19-4-3-14-28-19/h3-8,14,16H,9-13,15H2,1-2H3. The molecule has 28 heavy (non-hydrogen) atoms. The molecule has 0 unspecified atom stereocenters. The molecular weight excluding hydrogens is 360 g/mol. The number of piperidine rings is 1. The smallest absolute Gasteiger partial charge is 0.289 e. The van der Waals surface area contributed by atoms with Crippen molar-refractivity contribution in [2.24, 2.45) is 5.92 Å². The molecule has 1 fully saturated rings. The molecule has 0 atom stereocenters. The van der Waals surface area contributed by atoms with E-state index in [0.29, 0.717) is 44.8 Å². The molecule has 0 bridgehead atoms. The van der Waals surface area contributed by atoms with E-state index < -0.39 is 0 Å². The van der Waals surface area contributed by atoms with Gasteiger partial charge in [0.2, 0.25) is 5.91 Å². The van der Waals surface area contributed by atoms with Crippen molar-refractivity contribution in [2.75, 3.05) is 40.4 Å². The number of furan rings is 1. The maximum atomic E-state index is 12.7. The molecule has 1 aliphatic rings. The fraction of sp³-hybridized carbons (Fsp3) is 0.429. The summed E-state index contributed by atoms with van der Waals surface area (Å²) in [6, 6.07) is 10.7. The highest BCUT2D eigenvalue weighted by Gasteiger charge is 2.30. The molecule has 1 saturated heterocycles. The molecule has 0 aliphatic carbocycles. The molecule has 150 valence electrons. The summed E-state index contributed by atoms with van der Waals surface area (Å²) in [6.07, 6.45) is 2.82. The molecule has 0 radical (unpaired) electrons. The first-order valence-corrected chi connectivity index (χ1v) is 9.43. The lowest BCUT2D eigenvalue weighted by Gasteiger charge is -2.32. The van der Waals surface area contributed by atoms with Gasteiger partial charge in [-0.1, -0.05) is 0 Å². The van der Waals surface area contributed by atoms with Crippen LogP contribution in [0.25, 0.3) is 0 Å². The van der Waals surface area contributed by atoms with E-state index in [4.69, 9.17) is 13.9 Å². The van der Waals surface area contributed by atoms with Gasteiger partial charge in [0.15, 0.2) is 5.76 Å². The van der Waals surface area contributed by atoms with Crippen molar-refractivity contribution in [1.82, 2.24) is 9.80 Å². The Labute approximate surface area is 164 Å². The monoisotopic (exact) mass is 386 g/mol. The van der Waals surface area contributed by atoms with Crippen molar-refractivity contribution in [2.45, 2.75) is 12.8 Å². The van der Waals surface area contributed by atoms with Gasteiger partial charge >= 0.3 is 0 Å². The number of hydrogen-bond donors (Lipinski definition) is 0. The number of rotatable bonds is 7. The summed E-state index contributed by atoms with van der Waals surface area (Å²) >= 11 is 0. The number of likely N-dealkylation sites (N-methyl/N-ethyl adjacent to an activating group) is 1. The summed E-state index contributed by atoms with van der Waals surface area (Å²) in [5.74, 6) is 1.78. The number of carbonyl (C=O) groups is 2. The summed E-state index contributed by atoms with van der Waals surface area (Å²) in [5.41, 5.74) is 0. The molecule has 2 amide bonds. The predicted octanol–water partition coefficient (Wildman–Crippen LogP) is 2.68. The number of amides is 2. The summed E-state index contributed by atoms with van der Waals surface area (Å²) < 4.78 is 16.0. The van der Waals surface area contributed by atoms with Crippen LogP contribution in [0.1, 0.15) is 23.4 Å². The van der Waals surface area contributed by atoms with E-state index in [-0.39, 0.29) is 17.7 Å². The van der Waals surface area contributed by atoms with E-state index >= 15 is 0 Å². The summed E-state index contributed by atoms with van der Waals surface area (Å²) in [6.45, 7) is 2.05. The molecule has 0 spiro atoms. The van der Waals surface area contributed by atoms with Gasteiger partial charge in [-0.3, -0.25) is 9.59 Å². The number of benzene rings is 1. The van der Waals surface area contributed by atoms with Crippen LogP contribution in [0.3, 0.4) is 0 Å². The van der Waals surface area contributed by atoms with Crippen LogP contribution in [0.4, 0.5) is 0 Å². The van der Waals surface area contributed by atoms with Crippen LogP contribution in [0.5, 0.6) is 11.5 Å². The first-order chi connectivity index (χ1) is 13.6. The number of methoxy groups -OCH3 is 1. The quantitative estimate of drug-likeness (QED) is 0.732. The van der Waals surface area contributed by atoms with Gasteiger partial charge in [0.25, 0.3) is 5.91 Å². The first kappa shape index (κ1) is 19.8. The zero-order valence-electron chi connectivity index (χ0n) is 16.3. The first-order valence-electron chi connectivity index (χ1n) is 9.43. The normalized spacial score (nSPS) is 14.6. The van der Waals surface area contributed by atoms with E-state index in [9.17, 15) is 9.59 Å². The Hall–Kier alpha value is -2.96. The zero-order valence-corrected chi connectivity index (χ0v) is 16.3. The van der Waals surface area contributed by atoms with Crippen molar-refractivity contribution < 1.29 is 23.5 Å². The van der Waals surface area contributed by atoms with Crippen molar-refractivity contribution in [1.29, 1.82) is 0 Å². The minimum Gasteiger partial charge on any atom is -0.497 e. The predicted molar refractivity (Wildman–Crippen MR) is 103 cm³/mol. The molecule has 2 heterocycles. The molecule has 0 N–H and O–H groups in total. The molecule has 1 aliphatic heterocycles. The fourth-order valence-corrected chi connectivity index (χ4v) is 3.28. The van der Waals surface area contributed by atoms with Crippen LogP contribution in [0, 0.1) is 5.92 Å². The van der Waals surface area contributed by atoms with Crippen molar-refractivity contribution in [3.8, 4) is 11.5 Å². The van der Waals surface area contributed by atoms with E-state index in [2.05, 4.69) is 0 Å². The summed E-state index contributed by atoms with van der Waals surface area (Å²) in [5, 5.41) is 0. The fourth-order valence-electron chi connectivity index (χ4n) is 3.28. The van der Waals surface area contributed by atoms with Gasteiger partial charge in [0, 0.05) is 26.1 Å². The molecule has 7 nitrogen and oxygen atoms in total. The number of carbonyl (C=O) groups excluding carboxylic acids is 2. The Morgan fingerprint density at radius 2 is 1.82 bits per heavy atom. The van der Waals surface area contributed by atoms with Gasteiger partial charge < -0.3 is 23.7 Å². The van der Waals surface area contributed by atoms with Gasteiger partial charge in [-0.2, -0.15) is 0 Å². The summed E-state index contributed by atoms with van der Waals surface area (Å²) in [7, 11) is 3.41. The molecular formula is C21H26N2O5. The lowest BCUT2D eigenvalue weighted by atomic mass is 9.95. The molecule has 1 aromatic carbocycles. The molecule has 2 aromatic rings.